The van der Waals surface area contributed by atoms with E-state index in [2.05, 4.69) is 15.4 Å². The van der Waals surface area contributed by atoms with Gasteiger partial charge in [0.05, 0.1) is 4.90 Å². The van der Waals surface area contributed by atoms with E-state index in [9.17, 15) is 18.0 Å². The number of hydrogen-bond donors (Lipinski definition) is 3. The molecule has 3 N–H and O–H groups in total. The zero-order chi connectivity index (χ0) is 20.0. The summed E-state index contributed by atoms with van der Waals surface area (Å²) in [5.74, 6) is -0.121. The van der Waals surface area contributed by atoms with E-state index >= 15 is 0 Å². The first kappa shape index (κ1) is 20.4. The van der Waals surface area contributed by atoms with Crippen LogP contribution < -0.4 is 15.4 Å². The molecule has 0 saturated heterocycles. The van der Waals surface area contributed by atoms with Crippen molar-refractivity contribution in [2.75, 3.05) is 16.6 Å². The van der Waals surface area contributed by atoms with E-state index in [0.717, 1.165) is 0 Å². The van der Waals surface area contributed by atoms with Gasteiger partial charge in [-0.15, -0.1) is 0 Å². The molecule has 0 saturated carbocycles. The second-order valence-corrected chi connectivity index (χ2v) is 8.17. The lowest BCUT2D eigenvalue weighted by Gasteiger charge is -2.10. The van der Waals surface area contributed by atoms with Crippen molar-refractivity contribution >= 4 is 33.2 Å². The average Bonchev–Trinajstić information content (AvgIpc) is 2.61. The average molecular weight is 389 g/mol. The zero-order valence-corrected chi connectivity index (χ0v) is 16.3. The first-order valence-corrected chi connectivity index (χ1v) is 9.94. The summed E-state index contributed by atoms with van der Waals surface area (Å²) < 4.78 is 27.4. The normalized spacial score (nSPS) is 11.1. The van der Waals surface area contributed by atoms with E-state index in [4.69, 9.17) is 0 Å². The predicted octanol–water partition coefficient (Wildman–Crippen LogP) is 2.83. The van der Waals surface area contributed by atoms with Crippen molar-refractivity contribution < 1.29 is 18.0 Å². The number of rotatable bonds is 7. The molecular formula is C19H23N3O4S. The highest BCUT2D eigenvalue weighted by atomic mass is 32.2. The van der Waals surface area contributed by atoms with E-state index in [1.165, 1.54) is 31.2 Å². The number of anilines is 2. The maximum absolute atomic E-state index is 12.5. The van der Waals surface area contributed by atoms with E-state index < -0.39 is 10.0 Å². The van der Waals surface area contributed by atoms with Crippen LogP contribution in [0.3, 0.4) is 0 Å². The Morgan fingerprint density at radius 3 is 2.00 bits per heavy atom. The minimum atomic E-state index is -3.79. The van der Waals surface area contributed by atoms with E-state index in [-0.39, 0.29) is 16.7 Å². The quantitative estimate of drug-likeness (QED) is 0.677. The third kappa shape index (κ3) is 6.10. The first-order valence-electron chi connectivity index (χ1n) is 8.46. The molecule has 0 fully saturated rings. The predicted molar refractivity (Wildman–Crippen MR) is 105 cm³/mol. The third-order valence-electron chi connectivity index (χ3n) is 3.56. The fourth-order valence-corrected chi connectivity index (χ4v) is 3.28. The number of benzene rings is 2. The van der Waals surface area contributed by atoms with Gasteiger partial charge in [-0.25, -0.2) is 8.42 Å². The van der Waals surface area contributed by atoms with Crippen molar-refractivity contribution in [3.8, 4) is 0 Å². The molecule has 0 aliphatic heterocycles. The van der Waals surface area contributed by atoms with Gasteiger partial charge in [-0.05, 0) is 54.4 Å². The Bertz CT molecular complexity index is 905. The molecule has 7 nitrogen and oxygen atoms in total. The maximum Gasteiger partial charge on any atom is 0.261 e. The van der Waals surface area contributed by atoms with Crippen LogP contribution in [0.25, 0.3) is 0 Å². The molecule has 0 heterocycles. The van der Waals surface area contributed by atoms with Gasteiger partial charge in [-0.1, -0.05) is 13.8 Å². The Balaban J connectivity index is 2.07. The van der Waals surface area contributed by atoms with Crippen LogP contribution in [0.5, 0.6) is 0 Å². The molecule has 144 valence electrons. The summed E-state index contributed by atoms with van der Waals surface area (Å²) in [5.41, 5.74) is 1.33. The molecule has 2 aromatic carbocycles. The highest BCUT2D eigenvalue weighted by Gasteiger charge is 2.15. The molecule has 8 heteroatoms. The van der Waals surface area contributed by atoms with Crippen LogP contribution in [0.2, 0.25) is 0 Å². The highest BCUT2D eigenvalue weighted by molar-refractivity contribution is 7.92. The minimum Gasteiger partial charge on any atom is -0.352 e. The van der Waals surface area contributed by atoms with E-state index in [0.29, 0.717) is 29.4 Å². The molecule has 0 aromatic heterocycles. The molecule has 2 rings (SSSR count). The van der Waals surface area contributed by atoms with Gasteiger partial charge in [0.25, 0.3) is 15.9 Å². The fraction of sp³-hybridized carbons (Fsp3) is 0.263. The Hall–Kier alpha value is -2.87. The molecule has 2 aromatic rings. The van der Waals surface area contributed by atoms with Crippen molar-refractivity contribution in [3.63, 3.8) is 0 Å². The summed E-state index contributed by atoms with van der Waals surface area (Å²) in [7, 11) is -3.79. The molecule has 0 spiro atoms. The summed E-state index contributed by atoms with van der Waals surface area (Å²) in [6, 6.07) is 12.0. The van der Waals surface area contributed by atoms with Gasteiger partial charge in [0.15, 0.2) is 0 Å². The summed E-state index contributed by atoms with van der Waals surface area (Å²) in [6.07, 6.45) is 0. The van der Waals surface area contributed by atoms with Crippen LogP contribution in [0.4, 0.5) is 11.4 Å². The minimum absolute atomic E-state index is 0.0499. The Kier molecular flexibility index (Phi) is 6.57. The number of hydrogen-bond acceptors (Lipinski definition) is 4. The van der Waals surface area contributed by atoms with Crippen molar-refractivity contribution in [3.05, 3.63) is 54.1 Å². The van der Waals surface area contributed by atoms with Crippen LogP contribution >= 0.6 is 0 Å². The molecule has 0 aliphatic carbocycles. The Morgan fingerprint density at radius 2 is 1.48 bits per heavy atom. The second-order valence-electron chi connectivity index (χ2n) is 6.49. The van der Waals surface area contributed by atoms with Crippen molar-refractivity contribution in [1.29, 1.82) is 0 Å². The van der Waals surface area contributed by atoms with Gasteiger partial charge in [-0.3, -0.25) is 14.3 Å². The van der Waals surface area contributed by atoms with Crippen molar-refractivity contribution in [2.45, 2.75) is 25.7 Å². The number of carbonyl (C=O) groups excluding carboxylic acids is 2. The second kappa shape index (κ2) is 8.68. The Labute approximate surface area is 159 Å². The molecule has 0 bridgehead atoms. The van der Waals surface area contributed by atoms with Gasteiger partial charge in [0.1, 0.15) is 0 Å². The number of nitrogens with one attached hydrogen (secondary N) is 3. The lowest BCUT2D eigenvalue weighted by Crippen LogP contribution is -2.27. The third-order valence-corrected chi connectivity index (χ3v) is 4.95. The van der Waals surface area contributed by atoms with Crippen LogP contribution in [0.1, 0.15) is 31.1 Å². The molecule has 0 aliphatic rings. The maximum atomic E-state index is 12.5. The Morgan fingerprint density at radius 1 is 0.926 bits per heavy atom. The SMILES string of the molecule is CC(=O)Nc1ccc(NS(=O)(=O)c2ccc(C(=O)NCC(C)C)cc2)cc1. The van der Waals surface area contributed by atoms with Crippen LogP contribution in [-0.4, -0.2) is 26.8 Å². The van der Waals surface area contributed by atoms with Crippen molar-refractivity contribution in [1.82, 2.24) is 5.32 Å². The monoisotopic (exact) mass is 389 g/mol. The molecule has 0 radical (unpaired) electrons. The number of sulfonamides is 1. The van der Waals surface area contributed by atoms with Gasteiger partial charge in [0.2, 0.25) is 5.91 Å². The van der Waals surface area contributed by atoms with E-state index in [1.54, 1.807) is 24.3 Å². The molecule has 27 heavy (non-hydrogen) atoms. The molecule has 0 atom stereocenters. The van der Waals surface area contributed by atoms with Crippen LogP contribution in [-0.2, 0) is 14.8 Å². The van der Waals surface area contributed by atoms with E-state index in [1.807, 2.05) is 13.8 Å². The number of amides is 2. The molecule has 0 unspecified atom stereocenters. The number of carbonyl (C=O) groups is 2. The highest BCUT2D eigenvalue weighted by Crippen LogP contribution is 2.19. The van der Waals surface area contributed by atoms with Gasteiger partial charge in [0, 0.05) is 30.4 Å². The lowest BCUT2D eigenvalue weighted by molar-refractivity contribution is -0.114. The topological polar surface area (TPSA) is 104 Å². The molecular weight excluding hydrogens is 366 g/mol. The fourth-order valence-electron chi connectivity index (χ4n) is 2.22. The smallest absolute Gasteiger partial charge is 0.261 e. The van der Waals surface area contributed by atoms with Gasteiger partial charge < -0.3 is 10.6 Å². The van der Waals surface area contributed by atoms with Gasteiger partial charge in [-0.2, -0.15) is 0 Å². The van der Waals surface area contributed by atoms with Crippen LogP contribution in [0.15, 0.2) is 53.4 Å². The largest absolute Gasteiger partial charge is 0.352 e. The van der Waals surface area contributed by atoms with Gasteiger partial charge >= 0.3 is 0 Å². The lowest BCUT2D eigenvalue weighted by atomic mass is 10.2. The molecule has 2 amide bonds. The standard InChI is InChI=1S/C19H23N3O4S/c1-13(2)12-20-19(24)15-4-10-18(11-5-15)27(25,26)22-17-8-6-16(7-9-17)21-14(3)23/h4-11,13,22H,12H2,1-3H3,(H,20,24)(H,21,23). The summed E-state index contributed by atoms with van der Waals surface area (Å²) >= 11 is 0. The summed E-state index contributed by atoms with van der Waals surface area (Å²) in [5, 5.41) is 5.39. The van der Waals surface area contributed by atoms with Crippen LogP contribution in [0, 0.1) is 5.92 Å². The van der Waals surface area contributed by atoms with Crippen molar-refractivity contribution in [2.24, 2.45) is 5.92 Å². The first-order chi connectivity index (χ1) is 12.7. The summed E-state index contributed by atoms with van der Waals surface area (Å²) in [6.45, 7) is 5.92. The zero-order valence-electron chi connectivity index (χ0n) is 15.4. The summed E-state index contributed by atoms with van der Waals surface area (Å²) in [4.78, 5) is 23.1.